The zero-order valence-corrected chi connectivity index (χ0v) is 14.7. The molecule has 0 spiro atoms. The van der Waals surface area contributed by atoms with E-state index in [1.807, 2.05) is 37.3 Å². The van der Waals surface area contributed by atoms with Gasteiger partial charge in [-0.05, 0) is 50.2 Å². The van der Waals surface area contributed by atoms with Crippen molar-refractivity contribution in [3.8, 4) is 11.5 Å². The van der Waals surface area contributed by atoms with Gasteiger partial charge in [0.2, 0.25) is 0 Å². The Labute approximate surface area is 152 Å². The lowest BCUT2D eigenvalue weighted by atomic mass is 10.2. The van der Waals surface area contributed by atoms with Crippen LogP contribution in [0.4, 0.5) is 5.69 Å². The number of benzene rings is 2. The Hall–Kier alpha value is -3.34. The molecule has 1 atom stereocenters. The lowest BCUT2D eigenvalue weighted by molar-refractivity contribution is -0.148. The van der Waals surface area contributed by atoms with E-state index in [2.05, 4.69) is 5.32 Å². The van der Waals surface area contributed by atoms with Crippen molar-refractivity contribution in [2.24, 2.45) is 0 Å². The van der Waals surface area contributed by atoms with Gasteiger partial charge in [0, 0.05) is 11.8 Å². The fraction of sp³-hybridized carbons (Fsp3) is 0.143. The molecule has 2 aromatic rings. The van der Waals surface area contributed by atoms with Crippen molar-refractivity contribution in [3.05, 3.63) is 78.9 Å². The number of carbonyl (C=O) groups is 2. The number of hydrogen-bond donors (Lipinski definition) is 1. The largest absolute Gasteiger partial charge is 0.457 e. The highest BCUT2D eigenvalue weighted by atomic mass is 16.5. The van der Waals surface area contributed by atoms with E-state index in [1.54, 1.807) is 42.5 Å². The van der Waals surface area contributed by atoms with E-state index in [1.165, 1.54) is 13.0 Å². The summed E-state index contributed by atoms with van der Waals surface area (Å²) in [4.78, 5) is 23.7. The first-order valence-corrected chi connectivity index (χ1v) is 8.22. The molecule has 0 radical (unpaired) electrons. The Kier molecular flexibility index (Phi) is 7.18. The van der Waals surface area contributed by atoms with Gasteiger partial charge >= 0.3 is 5.97 Å². The fourth-order valence-corrected chi connectivity index (χ4v) is 1.99. The fourth-order valence-electron chi connectivity index (χ4n) is 1.99. The first-order valence-electron chi connectivity index (χ1n) is 8.22. The highest BCUT2D eigenvalue weighted by molar-refractivity contribution is 5.96. The molecular weight excluding hydrogens is 330 g/mol. The average Bonchev–Trinajstić information content (AvgIpc) is 2.64. The number of esters is 1. The van der Waals surface area contributed by atoms with Crippen LogP contribution in [0.3, 0.4) is 0 Å². The summed E-state index contributed by atoms with van der Waals surface area (Å²) < 4.78 is 10.7. The third-order valence-corrected chi connectivity index (χ3v) is 3.30. The highest BCUT2D eigenvalue weighted by Crippen LogP contribution is 2.22. The van der Waals surface area contributed by atoms with E-state index in [0.29, 0.717) is 11.4 Å². The minimum absolute atomic E-state index is 0.408. The molecule has 0 aliphatic carbocycles. The Balaban J connectivity index is 1.87. The minimum Gasteiger partial charge on any atom is -0.457 e. The predicted molar refractivity (Wildman–Crippen MR) is 101 cm³/mol. The molecule has 5 nitrogen and oxygen atoms in total. The van der Waals surface area contributed by atoms with Gasteiger partial charge in [-0.1, -0.05) is 36.4 Å². The lowest BCUT2D eigenvalue weighted by Gasteiger charge is -2.13. The second-order valence-electron chi connectivity index (χ2n) is 5.39. The van der Waals surface area contributed by atoms with Crippen molar-refractivity contribution in [3.63, 3.8) is 0 Å². The summed E-state index contributed by atoms with van der Waals surface area (Å²) in [5.41, 5.74) is 0.586. The van der Waals surface area contributed by atoms with Crippen molar-refractivity contribution in [2.45, 2.75) is 20.0 Å². The number of hydrogen-bond acceptors (Lipinski definition) is 4. The normalized spacial score (nSPS) is 12.1. The van der Waals surface area contributed by atoms with E-state index in [0.717, 1.165) is 5.75 Å². The molecule has 0 saturated carbocycles. The van der Waals surface area contributed by atoms with Crippen LogP contribution in [-0.2, 0) is 14.3 Å². The van der Waals surface area contributed by atoms with Crippen LogP contribution in [0.15, 0.2) is 78.9 Å². The molecule has 1 amide bonds. The van der Waals surface area contributed by atoms with Crippen LogP contribution in [0.5, 0.6) is 11.5 Å². The molecule has 5 heteroatoms. The summed E-state index contributed by atoms with van der Waals surface area (Å²) >= 11 is 0. The smallest absolute Gasteiger partial charge is 0.331 e. The molecular formula is C21H21NO4. The molecule has 26 heavy (non-hydrogen) atoms. The second-order valence-corrected chi connectivity index (χ2v) is 5.39. The summed E-state index contributed by atoms with van der Waals surface area (Å²) in [6, 6.07) is 16.3. The highest BCUT2D eigenvalue weighted by Gasteiger charge is 2.16. The van der Waals surface area contributed by atoms with E-state index >= 15 is 0 Å². The predicted octanol–water partition coefficient (Wildman–Crippen LogP) is 4.48. The number of rotatable bonds is 7. The molecule has 0 heterocycles. The number of para-hydroxylation sites is 1. The third kappa shape index (κ3) is 6.28. The van der Waals surface area contributed by atoms with Crippen LogP contribution in [0, 0.1) is 0 Å². The van der Waals surface area contributed by atoms with Gasteiger partial charge < -0.3 is 14.8 Å². The number of carbonyl (C=O) groups excluding carboxylic acids is 2. The van der Waals surface area contributed by atoms with Crippen molar-refractivity contribution in [1.29, 1.82) is 0 Å². The van der Waals surface area contributed by atoms with Crippen LogP contribution in [0.2, 0.25) is 0 Å². The van der Waals surface area contributed by atoms with Gasteiger partial charge in [-0.25, -0.2) is 4.79 Å². The molecule has 1 unspecified atom stereocenters. The number of ether oxygens (including phenoxy) is 2. The zero-order valence-electron chi connectivity index (χ0n) is 14.7. The summed E-state index contributed by atoms with van der Waals surface area (Å²) in [6.45, 7) is 3.35. The molecule has 2 rings (SSSR count). The lowest BCUT2D eigenvalue weighted by Crippen LogP contribution is -2.29. The first kappa shape index (κ1) is 19.0. The Morgan fingerprint density at radius 3 is 2.27 bits per heavy atom. The minimum atomic E-state index is -0.905. The third-order valence-electron chi connectivity index (χ3n) is 3.30. The van der Waals surface area contributed by atoms with Crippen LogP contribution < -0.4 is 10.1 Å². The molecule has 2 aromatic carbocycles. The van der Waals surface area contributed by atoms with Crippen molar-refractivity contribution < 1.29 is 19.1 Å². The summed E-state index contributed by atoms with van der Waals surface area (Å²) in [5, 5.41) is 2.70. The summed E-state index contributed by atoms with van der Waals surface area (Å²) in [6.07, 6.45) is 5.40. The molecule has 0 aliphatic rings. The van der Waals surface area contributed by atoms with Gasteiger partial charge in [-0.3, -0.25) is 4.79 Å². The molecule has 0 saturated heterocycles. The maximum Gasteiger partial charge on any atom is 0.331 e. The van der Waals surface area contributed by atoms with Crippen LogP contribution in [-0.4, -0.2) is 18.0 Å². The van der Waals surface area contributed by atoms with Crippen molar-refractivity contribution in [1.82, 2.24) is 0 Å². The van der Waals surface area contributed by atoms with Crippen molar-refractivity contribution in [2.75, 3.05) is 5.32 Å². The first-order chi connectivity index (χ1) is 12.6. The molecule has 0 aliphatic heterocycles. The molecule has 0 fully saturated rings. The van der Waals surface area contributed by atoms with E-state index in [-0.39, 0.29) is 0 Å². The van der Waals surface area contributed by atoms with Gasteiger partial charge in [-0.15, -0.1) is 0 Å². The number of anilines is 1. The van der Waals surface area contributed by atoms with Gasteiger partial charge in [0.15, 0.2) is 6.10 Å². The number of amides is 1. The Morgan fingerprint density at radius 2 is 1.62 bits per heavy atom. The second kappa shape index (κ2) is 9.84. The van der Waals surface area contributed by atoms with Gasteiger partial charge in [0.1, 0.15) is 11.5 Å². The summed E-state index contributed by atoms with van der Waals surface area (Å²) in [7, 11) is 0. The molecule has 1 N–H and O–H groups in total. The van der Waals surface area contributed by atoms with E-state index in [9.17, 15) is 9.59 Å². The van der Waals surface area contributed by atoms with Crippen molar-refractivity contribution >= 4 is 17.6 Å². The van der Waals surface area contributed by atoms with Gasteiger partial charge in [-0.2, -0.15) is 0 Å². The SMILES string of the molecule is C/C=C/C=C/C(=O)OC(C)C(=O)Nc1ccc(Oc2ccccc2)cc1. The monoisotopic (exact) mass is 351 g/mol. The van der Waals surface area contributed by atoms with Gasteiger partial charge in [0.25, 0.3) is 5.91 Å². The molecule has 0 aromatic heterocycles. The topological polar surface area (TPSA) is 64.6 Å². The quantitative estimate of drug-likeness (QED) is 0.454. The van der Waals surface area contributed by atoms with Crippen LogP contribution >= 0.6 is 0 Å². The zero-order chi connectivity index (χ0) is 18.8. The van der Waals surface area contributed by atoms with E-state index in [4.69, 9.17) is 9.47 Å². The number of allylic oxidation sites excluding steroid dienone is 3. The maximum atomic E-state index is 12.1. The molecule has 0 bridgehead atoms. The number of nitrogens with one attached hydrogen (secondary N) is 1. The van der Waals surface area contributed by atoms with Gasteiger partial charge in [0.05, 0.1) is 0 Å². The standard InChI is InChI=1S/C21H21NO4/c1-3-4-6-11-20(23)25-16(2)21(24)22-17-12-14-19(15-13-17)26-18-9-7-5-8-10-18/h3-16H,1-2H3,(H,22,24)/b4-3+,11-6+. The average molecular weight is 351 g/mol. The maximum absolute atomic E-state index is 12.1. The molecule has 134 valence electrons. The Bertz CT molecular complexity index is 779. The van der Waals surface area contributed by atoms with Crippen LogP contribution in [0.25, 0.3) is 0 Å². The van der Waals surface area contributed by atoms with Crippen LogP contribution in [0.1, 0.15) is 13.8 Å². The summed E-state index contributed by atoms with van der Waals surface area (Å²) in [5.74, 6) is 0.408. The Morgan fingerprint density at radius 1 is 0.962 bits per heavy atom. The van der Waals surface area contributed by atoms with E-state index < -0.39 is 18.0 Å².